The molecular formula is C43H59N3O9. The zero-order valence-electron chi connectivity index (χ0n) is 33.0. The first-order valence-electron chi connectivity index (χ1n) is 19.5. The molecule has 0 aromatic heterocycles. The number of likely N-dealkylation sites (N-methyl/N-ethyl adjacent to an activating group) is 1. The highest BCUT2D eigenvalue weighted by molar-refractivity contribution is 6.02. The van der Waals surface area contributed by atoms with Gasteiger partial charge in [-0.1, -0.05) is 81.3 Å². The van der Waals surface area contributed by atoms with E-state index in [0.717, 1.165) is 42.4 Å². The molecule has 0 radical (unpaired) electrons. The number of aliphatic hydroxyl groups is 2. The molecule has 300 valence electrons. The van der Waals surface area contributed by atoms with Crippen molar-refractivity contribution in [3.8, 4) is 11.5 Å². The minimum absolute atomic E-state index is 0.0243. The predicted molar refractivity (Wildman–Crippen MR) is 210 cm³/mol. The van der Waals surface area contributed by atoms with Crippen LogP contribution in [0.4, 0.5) is 9.59 Å². The van der Waals surface area contributed by atoms with Gasteiger partial charge in [-0.05, 0) is 72.3 Å². The Morgan fingerprint density at radius 2 is 1.80 bits per heavy atom. The summed E-state index contributed by atoms with van der Waals surface area (Å²) in [6.45, 7) is 10.8. The average molecular weight is 762 g/mol. The molecule has 5 rings (SSSR count). The molecule has 6 atom stereocenters. The van der Waals surface area contributed by atoms with Crippen molar-refractivity contribution in [1.29, 1.82) is 0 Å². The molecule has 3 aliphatic rings. The number of oxime groups is 1. The maximum absolute atomic E-state index is 13.9. The molecule has 6 unspecified atom stereocenters. The van der Waals surface area contributed by atoms with Crippen LogP contribution in [0.1, 0.15) is 82.8 Å². The maximum Gasteiger partial charge on any atom is 0.412 e. The molecule has 1 saturated carbocycles. The molecule has 12 nitrogen and oxygen atoms in total. The Labute approximate surface area is 325 Å². The Kier molecular flexibility index (Phi) is 14.4. The highest BCUT2D eigenvalue weighted by Gasteiger charge is 2.65. The standard InChI is InChI=1S/C43H59N3O9/c1-7-23-53-43-37(46(5)41(50)52-28-42(2,3)4)26-35(45-51-6)33-24-30(17-11-13-21-47)32(18-12-14-22-48)38(39(33)43)34-25-31(19-20-36(34)55-43)54-40(49)44-27-29-15-9-8-10-16-29/h7-10,15-16,19-20,24-25,30,32,37-39,47-48H,1,11-14,17-18,21-23,26-28H2,2-6H3,(H,44,49). The largest absolute Gasteiger partial charge is 0.459 e. The first kappa shape index (κ1) is 41.8. The predicted octanol–water partition coefficient (Wildman–Crippen LogP) is 7.35. The summed E-state index contributed by atoms with van der Waals surface area (Å²) in [5.74, 6) is -1.14. The van der Waals surface area contributed by atoms with Gasteiger partial charge in [-0.25, -0.2) is 9.59 Å². The Balaban J connectivity index is 1.65. The van der Waals surface area contributed by atoms with Crippen LogP contribution in [0.25, 0.3) is 0 Å². The van der Waals surface area contributed by atoms with Crippen LogP contribution < -0.4 is 14.8 Å². The van der Waals surface area contributed by atoms with Gasteiger partial charge in [-0.3, -0.25) is 0 Å². The van der Waals surface area contributed by atoms with Crippen LogP contribution in [0.3, 0.4) is 0 Å². The number of nitrogens with zero attached hydrogens (tertiary/aromatic N) is 2. The van der Waals surface area contributed by atoms with Crippen LogP contribution in [-0.4, -0.2) is 85.4 Å². The summed E-state index contributed by atoms with van der Waals surface area (Å²) in [5.41, 5.74) is 3.13. The summed E-state index contributed by atoms with van der Waals surface area (Å²) >= 11 is 0. The fourth-order valence-corrected chi connectivity index (χ4v) is 8.32. The van der Waals surface area contributed by atoms with Gasteiger partial charge in [0.2, 0.25) is 5.79 Å². The van der Waals surface area contributed by atoms with Crippen molar-refractivity contribution in [2.75, 3.05) is 40.6 Å². The number of rotatable bonds is 17. The lowest BCUT2D eigenvalue weighted by Crippen LogP contribution is -2.69. The molecule has 1 fully saturated rings. The minimum Gasteiger partial charge on any atom is -0.459 e. The summed E-state index contributed by atoms with van der Waals surface area (Å²) in [5, 5.41) is 27.0. The van der Waals surface area contributed by atoms with Crippen molar-refractivity contribution in [2.24, 2.45) is 28.3 Å². The van der Waals surface area contributed by atoms with Crippen LogP contribution in [0, 0.1) is 23.2 Å². The van der Waals surface area contributed by atoms with Gasteiger partial charge < -0.3 is 44.2 Å². The van der Waals surface area contributed by atoms with Gasteiger partial charge in [-0.15, -0.1) is 6.58 Å². The molecule has 1 aliphatic heterocycles. The number of aliphatic hydroxyl groups excluding tert-OH is 2. The number of ether oxygens (including phenoxy) is 4. The summed E-state index contributed by atoms with van der Waals surface area (Å²) in [7, 11) is 3.21. The second-order valence-electron chi connectivity index (χ2n) is 15.9. The van der Waals surface area contributed by atoms with E-state index in [1.807, 2.05) is 63.2 Å². The highest BCUT2D eigenvalue weighted by Crippen LogP contribution is 2.61. The van der Waals surface area contributed by atoms with Gasteiger partial charge in [0.05, 0.1) is 24.8 Å². The highest BCUT2D eigenvalue weighted by atomic mass is 16.7. The number of carbonyl (C=O) groups is 2. The van der Waals surface area contributed by atoms with Crippen molar-refractivity contribution in [3.63, 3.8) is 0 Å². The van der Waals surface area contributed by atoms with E-state index in [1.54, 1.807) is 24.1 Å². The molecule has 55 heavy (non-hydrogen) atoms. The fraction of sp³-hybridized carbons (Fsp3) is 0.558. The monoisotopic (exact) mass is 761 g/mol. The van der Waals surface area contributed by atoms with Crippen molar-refractivity contribution < 1.29 is 43.6 Å². The normalized spacial score (nSPS) is 24.7. The lowest BCUT2D eigenvalue weighted by Gasteiger charge is -2.59. The number of fused-ring (bicyclic) bond motifs is 2. The SMILES string of the molecule is C=CCOC12Oc3ccc(OC(=O)NCc4ccccc4)cc3C3C(CCCCO)C(CCCCO)C=C(C(=NOC)CC1N(C)C(=O)OCC(C)(C)C)C32. The van der Waals surface area contributed by atoms with Gasteiger partial charge in [0.15, 0.2) is 0 Å². The van der Waals surface area contributed by atoms with Gasteiger partial charge in [0.25, 0.3) is 0 Å². The molecule has 12 heteroatoms. The van der Waals surface area contributed by atoms with E-state index >= 15 is 0 Å². The number of benzene rings is 2. The topological polar surface area (TPSA) is 148 Å². The van der Waals surface area contributed by atoms with E-state index in [-0.39, 0.29) is 56.0 Å². The second kappa shape index (κ2) is 19.0. The molecule has 0 saturated heterocycles. The van der Waals surface area contributed by atoms with E-state index in [2.05, 4.69) is 23.1 Å². The van der Waals surface area contributed by atoms with Crippen LogP contribution in [0.15, 0.2) is 78.0 Å². The summed E-state index contributed by atoms with van der Waals surface area (Å²) in [4.78, 5) is 34.0. The number of nitrogens with one attached hydrogen (secondary N) is 1. The van der Waals surface area contributed by atoms with E-state index in [4.69, 9.17) is 23.8 Å². The number of carbonyl (C=O) groups excluding carboxylic acids is 2. The third kappa shape index (κ3) is 9.89. The Hall–Kier alpha value is -4.39. The Bertz CT molecular complexity index is 1670. The van der Waals surface area contributed by atoms with Crippen LogP contribution in [0.5, 0.6) is 11.5 Å². The number of allylic oxidation sites excluding steroid dienone is 1. The second-order valence-corrected chi connectivity index (χ2v) is 15.9. The van der Waals surface area contributed by atoms with Crippen molar-refractivity contribution in [2.45, 2.75) is 90.0 Å². The maximum atomic E-state index is 13.9. The average Bonchev–Trinajstić information content (AvgIpc) is 3.17. The van der Waals surface area contributed by atoms with Crippen LogP contribution in [-0.2, 0) is 20.9 Å². The molecule has 2 aromatic carbocycles. The summed E-state index contributed by atoms with van der Waals surface area (Å²) < 4.78 is 25.7. The van der Waals surface area contributed by atoms with Gasteiger partial charge in [-0.2, -0.15) is 0 Å². The van der Waals surface area contributed by atoms with E-state index in [9.17, 15) is 19.8 Å². The number of amides is 2. The number of hydrogen-bond acceptors (Lipinski definition) is 10. The van der Waals surface area contributed by atoms with Crippen molar-refractivity contribution in [3.05, 3.63) is 84.0 Å². The van der Waals surface area contributed by atoms with Crippen LogP contribution in [0.2, 0.25) is 0 Å². The molecule has 3 N–H and O–H groups in total. The zero-order valence-corrected chi connectivity index (χ0v) is 33.0. The van der Waals surface area contributed by atoms with Gasteiger partial charge in [0.1, 0.15) is 24.7 Å². The molecular weight excluding hydrogens is 702 g/mol. The van der Waals surface area contributed by atoms with Crippen molar-refractivity contribution in [1.82, 2.24) is 10.2 Å². The lowest BCUT2D eigenvalue weighted by atomic mass is 9.55. The number of hydrogen-bond donors (Lipinski definition) is 3. The van der Waals surface area contributed by atoms with E-state index in [0.29, 0.717) is 36.6 Å². The van der Waals surface area contributed by atoms with Crippen LogP contribution >= 0.6 is 0 Å². The Morgan fingerprint density at radius 1 is 1.07 bits per heavy atom. The molecule has 2 amide bonds. The molecule has 1 heterocycles. The third-order valence-electron chi connectivity index (χ3n) is 10.7. The molecule has 0 spiro atoms. The van der Waals surface area contributed by atoms with E-state index in [1.165, 1.54) is 7.11 Å². The first-order chi connectivity index (χ1) is 26.5. The summed E-state index contributed by atoms with van der Waals surface area (Å²) in [6, 6.07) is 14.3. The minimum atomic E-state index is -1.40. The Morgan fingerprint density at radius 3 is 2.47 bits per heavy atom. The van der Waals surface area contributed by atoms with E-state index < -0.39 is 29.9 Å². The zero-order chi connectivity index (χ0) is 39.6. The fourth-order valence-electron chi connectivity index (χ4n) is 8.32. The first-order valence-corrected chi connectivity index (χ1v) is 19.5. The quantitative estimate of drug-likeness (QED) is 0.0855. The van der Waals surface area contributed by atoms with Crippen molar-refractivity contribution >= 4 is 17.9 Å². The molecule has 2 aliphatic carbocycles. The molecule has 2 aromatic rings. The van der Waals surface area contributed by atoms with Gasteiger partial charge >= 0.3 is 12.2 Å². The smallest absolute Gasteiger partial charge is 0.412 e. The third-order valence-corrected chi connectivity index (χ3v) is 10.7. The van der Waals surface area contributed by atoms with Gasteiger partial charge in [0, 0.05) is 44.7 Å². The summed E-state index contributed by atoms with van der Waals surface area (Å²) in [6.07, 6.45) is 7.59. The molecule has 0 bridgehead atoms. The lowest BCUT2D eigenvalue weighted by molar-refractivity contribution is -0.253. The number of unbranched alkanes of at least 4 members (excludes halogenated alkanes) is 2.